The number of rotatable bonds is 6. The minimum absolute atomic E-state index is 0.0790. The fraction of sp³-hybridized carbons (Fsp3) is 0.588. The second-order valence-corrected chi connectivity index (χ2v) is 7.27. The summed E-state index contributed by atoms with van der Waals surface area (Å²) in [5.41, 5.74) is 0.673. The van der Waals surface area contributed by atoms with Crippen LogP contribution in [0, 0.1) is 11.3 Å². The van der Waals surface area contributed by atoms with Gasteiger partial charge < -0.3 is 10.4 Å². The number of aliphatic hydroxyl groups excluding tert-OH is 1. The van der Waals surface area contributed by atoms with Crippen molar-refractivity contribution in [2.24, 2.45) is 18.4 Å². The van der Waals surface area contributed by atoms with Crippen molar-refractivity contribution in [3.05, 3.63) is 36.4 Å². The molecule has 2 N–H and O–H groups in total. The molecule has 0 bridgehead atoms. The molecule has 0 spiro atoms. The van der Waals surface area contributed by atoms with Crippen LogP contribution in [-0.2, 0) is 18.4 Å². The van der Waals surface area contributed by atoms with Gasteiger partial charge >= 0.3 is 0 Å². The summed E-state index contributed by atoms with van der Waals surface area (Å²) < 4.78 is 3.58. The largest absolute Gasteiger partial charge is 0.393 e. The van der Waals surface area contributed by atoms with E-state index in [1.54, 1.807) is 10.9 Å². The van der Waals surface area contributed by atoms with Gasteiger partial charge in [0.05, 0.1) is 30.3 Å². The molecule has 2 aromatic heterocycles. The molecule has 24 heavy (non-hydrogen) atoms. The Morgan fingerprint density at radius 2 is 2.25 bits per heavy atom. The quantitative estimate of drug-likeness (QED) is 0.829. The van der Waals surface area contributed by atoms with Crippen LogP contribution < -0.4 is 5.32 Å². The van der Waals surface area contributed by atoms with Crippen LogP contribution in [0.3, 0.4) is 0 Å². The lowest BCUT2D eigenvalue weighted by Gasteiger charge is -2.38. The number of hydrogen-bond donors (Lipinski definition) is 2. The molecule has 2 heterocycles. The van der Waals surface area contributed by atoms with Crippen LogP contribution in [0.2, 0.25) is 0 Å². The Kier molecular flexibility index (Phi) is 3.68. The first-order valence-electron chi connectivity index (χ1n) is 8.51. The van der Waals surface area contributed by atoms with Crippen LogP contribution in [0.15, 0.2) is 30.9 Å². The Balaban J connectivity index is 1.49. The Morgan fingerprint density at radius 3 is 2.79 bits per heavy atom. The first kappa shape index (κ1) is 15.4. The third-order valence-electron chi connectivity index (χ3n) is 5.35. The van der Waals surface area contributed by atoms with Gasteiger partial charge in [-0.05, 0) is 37.7 Å². The summed E-state index contributed by atoms with van der Waals surface area (Å²) >= 11 is 0. The third kappa shape index (κ3) is 2.84. The molecular formula is C17H23N5O2. The molecule has 1 atom stereocenters. The molecule has 2 aromatic rings. The molecule has 1 unspecified atom stereocenters. The van der Waals surface area contributed by atoms with Crippen LogP contribution in [0.1, 0.15) is 37.3 Å². The number of aromatic nitrogens is 4. The smallest absolute Gasteiger partial charge is 0.228 e. The highest BCUT2D eigenvalue weighted by Crippen LogP contribution is 2.48. The molecule has 7 nitrogen and oxygen atoms in total. The molecule has 0 aromatic carbocycles. The molecule has 2 aliphatic carbocycles. The first-order chi connectivity index (χ1) is 11.6. The average molecular weight is 329 g/mol. The van der Waals surface area contributed by atoms with E-state index < -0.39 is 0 Å². The molecule has 2 aliphatic rings. The summed E-state index contributed by atoms with van der Waals surface area (Å²) in [4.78, 5) is 12.9. The highest BCUT2D eigenvalue weighted by Gasteiger charge is 2.51. The van der Waals surface area contributed by atoms with E-state index in [0.717, 1.165) is 31.2 Å². The first-order valence-corrected chi connectivity index (χ1v) is 8.51. The van der Waals surface area contributed by atoms with Crippen LogP contribution in [0.25, 0.3) is 0 Å². The molecular weight excluding hydrogens is 306 g/mol. The van der Waals surface area contributed by atoms with Gasteiger partial charge in [-0.15, -0.1) is 0 Å². The number of nitrogens with one attached hydrogen (secondary N) is 1. The van der Waals surface area contributed by atoms with Crippen molar-refractivity contribution in [3.8, 4) is 0 Å². The lowest BCUT2D eigenvalue weighted by Crippen LogP contribution is -2.44. The summed E-state index contributed by atoms with van der Waals surface area (Å²) in [6.07, 6.45) is 10.4. The van der Waals surface area contributed by atoms with Gasteiger partial charge in [0.15, 0.2) is 0 Å². The topological polar surface area (TPSA) is 85.0 Å². The van der Waals surface area contributed by atoms with Gasteiger partial charge in [0.1, 0.15) is 0 Å². The van der Waals surface area contributed by atoms with E-state index in [0.29, 0.717) is 6.54 Å². The van der Waals surface area contributed by atoms with Crippen molar-refractivity contribution in [3.63, 3.8) is 0 Å². The van der Waals surface area contributed by atoms with Gasteiger partial charge in [-0.25, -0.2) is 0 Å². The number of hydrogen-bond acceptors (Lipinski definition) is 4. The molecule has 4 rings (SSSR count). The summed E-state index contributed by atoms with van der Waals surface area (Å²) in [7, 11) is 1.87. The van der Waals surface area contributed by atoms with Crippen molar-refractivity contribution < 1.29 is 9.90 Å². The molecule has 1 amide bonds. The van der Waals surface area contributed by atoms with Gasteiger partial charge in [0, 0.05) is 31.2 Å². The monoisotopic (exact) mass is 329 g/mol. The minimum atomic E-state index is -0.338. The van der Waals surface area contributed by atoms with Gasteiger partial charge in [0.25, 0.3) is 0 Å². The third-order valence-corrected chi connectivity index (χ3v) is 5.35. The van der Waals surface area contributed by atoms with Crippen LogP contribution in [0.5, 0.6) is 0 Å². The number of carbonyl (C=O) groups is 1. The number of aliphatic hydroxyl groups is 1. The van der Waals surface area contributed by atoms with Crippen molar-refractivity contribution in [2.75, 3.05) is 0 Å². The second kappa shape index (κ2) is 5.73. The Bertz CT molecular complexity index is 713. The summed E-state index contributed by atoms with van der Waals surface area (Å²) in [5.74, 6) is 0.363. The zero-order valence-electron chi connectivity index (χ0n) is 13.8. The van der Waals surface area contributed by atoms with Gasteiger partial charge in [-0.3, -0.25) is 14.2 Å². The van der Waals surface area contributed by atoms with Gasteiger partial charge in [-0.1, -0.05) is 0 Å². The fourth-order valence-electron chi connectivity index (χ4n) is 3.58. The molecule has 0 saturated heterocycles. The maximum Gasteiger partial charge on any atom is 0.228 e. The van der Waals surface area contributed by atoms with Gasteiger partial charge in [-0.2, -0.15) is 10.2 Å². The Hall–Kier alpha value is -2.15. The van der Waals surface area contributed by atoms with Crippen LogP contribution >= 0.6 is 0 Å². The number of nitrogens with zero attached hydrogens (tertiary/aromatic N) is 4. The normalized spacial score (nSPS) is 25.8. The SMILES string of the molecule is Cn1cc(C(NC(=O)C2(Cn3cccn3)CC2)C2CC(O)C2)cn1. The van der Waals surface area contributed by atoms with Gasteiger partial charge in [0.2, 0.25) is 5.91 Å². The second-order valence-electron chi connectivity index (χ2n) is 7.27. The van der Waals surface area contributed by atoms with E-state index in [1.807, 2.05) is 36.4 Å². The minimum Gasteiger partial charge on any atom is -0.393 e. The van der Waals surface area contributed by atoms with Crippen molar-refractivity contribution >= 4 is 5.91 Å². The fourth-order valence-corrected chi connectivity index (χ4v) is 3.58. The highest BCUT2D eigenvalue weighted by molar-refractivity contribution is 5.85. The van der Waals surface area contributed by atoms with Crippen molar-refractivity contribution in [1.82, 2.24) is 24.9 Å². The molecule has 0 aliphatic heterocycles. The van der Waals surface area contributed by atoms with Crippen molar-refractivity contribution in [1.29, 1.82) is 0 Å². The van der Waals surface area contributed by atoms with E-state index in [-0.39, 0.29) is 29.4 Å². The molecule has 7 heteroatoms. The maximum atomic E-state index is 12.9. The zero-order valence-corrected chi connectivity index (χ0v) is 13.8. The average Bonchev–Trinajstić information content (AvgIpc) is 2.92. The molecule has 128 valence electrons. The molecule has 0 radical (unpaired) electrons. The number of amides is 1. The van der Waals surface area contributed by atoms with Crippen molar-refractivity contribution in [2.45, 2.75) is 44.4 Å². The van der Waals surface area contributed by atoms with E-state index in [2.05, 4.69) is 15.5 Å². The van der Waals surface area contributed by atoms with E-state index in [1.165, 1.54) is 0 Å². The Labute approximate surface area is 140 Å². The summed E-state index contributed by atoms with van der Waals surface area (Å²) in [6, 6.07) is 1.80. The number of carbonyl (C=O) groups excluding carboxylic acids is 1. The lowest BCUT2D eigenvalue weighted by atomic mass is 9.75. The van der Waals surface area contributed by atoms with Crippen LogP contribution in [-0.4, -0.2) is 36.7 Å². The summed E-state index contributed by atoms with van der Waals surface area (Å²) in [5, 5.41) is 21.4. The Morgan fingerprint density at radius 1 is 1.46 bits per heavy atom. The standard InChI is InChI=1S/C17H23N5O2/c1-21-10-13(9-19-21)15(12-7-14(23)8-12)20-16(24)17(3-4-17)11-22-6-2-5-18-22/h2,5-6,9-10,12,14-15,23H,3-4,7-8,11H2,1H3,(H,20,24). The van der Waals surface area contributed by atoms with Crippen LogP contribution in [0.4, 0.5) is 0 Å². The predicted molar refractivity (Wildman–Crippen MR) is 86.7 cm³/mol. The summed E-state index contributed by atoms with van der Waals surface area (Å²) in [6.45, 7) is 0.624. The number of aryl methyl sites for hydroxylation is 1. The van der Waals surface area contributed by atoms with E-state index >= 15 is 0 Å². The van der Waals surface area contributed by atoms with E-state index in [4.69, 9.17) is 0 Å². The molecule has 2 fully saturated rings. The zero-order chi connectivity index (χ0) is 16.7. The predicted octanol–water partition coefficient (Wildman–Crippen LogP) is 1.03. The highest BCUT2D eigenvalue weighted by atomic mass is 16.3. The maximum absolute atomic E-state index is 12.9. The lowest BCUT2D eigenvalue weighted by molar-refractivity contribution is -0.129. The molecule has 2 saturated carbocycles. The van der Waals surface area contributed by atoms with E-state index in [9.17, 15) is 9.90 Å².